The molecule has 1 amide bonds. The Hall–Kier alpha value is -1.60. The minimum absolute atomic E-state index is 0.0727. The van der Waals surface area contributed by atoms with E-state index in [1.807, 2.05) is 53.7 Å². The molecule has 1 aromatic carbocycles. The van der Waals surface area contributed by atoms with Gasteiger partial charge in [0.05, 0.1) is 4.90 Å². The highest BCUT2D eigenvalue weighted by molar-refractivity contribution is 7.89. The number of nitrogens with one attached hydrogen (secondary N) is 1. The van der Waals surface area contributed by atoms with Crippen LogP contribution in [0, 0.1) is 20.8 Å². The Balaban J connectivity index is 2.04. The number of benzene rings is 1. The van der Waals surface area contributed by atoms with Gasteiger partial charge < -0.3 is 10.1 Å². The van der Waals surface area contributed by atoms with E-state index in [-0.39, 0.29) is 6.04 Å². The minimum Gasteiger partial charge on any atom is -0.444 e. The maximum absolute atomic E-state index is 13.1. The number of piperidine rings is 1. The Kier molecular flexibility index (Phi) is 6.02. The lowest BCUT2D eigenvalue weighted by atomic mass is 10.1. The van der Waals surface area contributed by atoms with E-state index < -0.39 is 21.7 Å². The fourth-order valence-corrected chi connectivity index (χ4v) is 5.30. The van der Waals surface area contributed by atoms with Crippen LogP contribution in [0.1, 0.15) is 50.3 Å². The maximum Gasteiger partial charge on any atom is 0.407 e. The van der Waals surface area contributed by atoms with Crippen LogP contribution in [0.2, 0.25) is 0 Å². The Morgan fingerprint density at radius 2 is 1.62 bits per heavy atom. The number of hydrogen-bond donors (Lipinski definition) is 1. The van der Waals surface area contributed by atoms with Crippen LogP contribution in [-0.4, -0.2) is 43.5 Å². The smallest absolute Gasteiger partial charge is 0.407 e. The molecule has 1 N–H and O–H groups in total. The number of alkyl carbamates (subject to hydrolysis) is 1. The van der Waals surface area contributed by atoms with E-state index in [0.29, 0.717) is 30.8 Å². The first kappa shape index (κ1) is 20.7. The van der Waals surface area contributed by atoms with Crippen molar-refractivity contribution in [3.05, 3.63) is 28.8 Å². The second-order valence-electron chi connectivity index (χ2n) is 8.05. The summed E-state index contributed by atoms with van der Waals surface area (Å²) < 4.78 is 32.9. The van der Waals surface area contributed by atoms with Gasteiger partial charge in [0, 0.05) is 19.1 Å². The first-order valence-electron chi connectivity index (χ1n) is 8.97. The Morgan fingerprint density at radius 1 is 1.12 bits per heavy atom. The van der Waals surface area contributed by atoms with E-state index in [1.54, 1.807) is 0 Å². The highest BCUT2D eigenvalue weighted by Crippen LogP contribution is 2.27. The largest absolute Gasteiger partial charge is 0.444 e. The van der Waals surface area contributed by atoms with E-state index in [0.717, 1.165) is 16.7 Å². The second kappa shape index (κ2) is 7.56. The van der Waals surface area contributed by atoms with Crippen LogP contribution in [0.5, 0.6) is 0 Å². The molecule has 26 heavy (non-hydrogen) atoms. The first-order chi connectivity index (χ1) is 11.9. The van der Waals surface area contributed by atoms with E-state index in [2.05, 4.69) is 5.32 Å². The number of aryl methyl sites for hydroxylation is 3. The Morgan fingerprint density at radius 3 is 2.08 bits per heavy atom. The molecule has 1 saturated heterocycles. The number of amides is 1. The summed E-state index contributed by atoms with van der Waals surface area (Å²) in [5.74, 6) is 0. The highest BCUT2D eigenvalue weighted by atomic mass is 32.2. The molecule has 6 nitrogen and oxygen atoms in total. The lowest BCUT2D eigenvalue weighted by Crippen LogP contribution is -2.47. The van der Waals surface area contributed by atoms with Crippen molar-refractivity contribution in [3.8, 4) is 0 Å². The molecule has 7 heteroatoms. The Bertz CT molecular complexity index is 750. The average molecular weight is 383 g/mol. The zero-order chi connectivity index (χ0) is 19.7. The lowest BCUT2D eigenvalue weighted by molar-refractivity contribution is 0.0489. The van der Waals surface area contributed by atoms with Gasteiger partial charge in [0.1, 0.15) is 5.60 Å². The molecule has 2 rings (SSSR count). The van der Waals surface area contributed by atoms with E-state index in [9.17, 15) is 13.2 Å². The van der Waals surface area contributed by atoms with Gasteiger partial charge >= 0.3 is 6.09 Å². The van der Waals surface area contributed by atoms with Gasteiger partial charge in [-0.1, -0.05) is 17.7 Å². The van der Waals surface area contributed by atoms with Crippen LogP contribution < -0.4 is 5.32 Å². The SMILES string of the molecule is Cc1cc(C)c(S(=O)(=O)N2CCC(NC(=O)OC(C)(C)C)CC2)c(C)c1. The third-order valence-corrected chi connectivity index (χ3v) is 6.58. The van der Waals surface area contributed by atoms with Crippen molar-refractivity contribution >= 4 is 16.1 Å². The molecule has 146 valence electrons. The van der Waals surface area contributed by atoms with Crippen LogP contribution in [-0.2, 0) is 14.8 Å². The molecule has 0 aliphatic carbocycles. The summed E-state index contributed by atoms with van der Waals surface area (Å²) >= 11 is 0. The molecule has 1 aliphatic heterocycles. The van der Waals surface area contributed by atoms with E-state index >= 15 is 0 Å². The Labute approximate surface area is 157 Å². The topological polar surface area (TPSA) is 75.7 Å². The zero-order valence-electron chi connectivity index (χ0n) is 16.5. The summed E-state index contributed by atoms with van der Waals surface area (Å²) in [4.78, 5) is 12.3. The third-order valence-electron chi connectivity index (χ3n) is 4.38. The van der Waals surface area contributed by atoms with Crippen molar-refractivity contribution in [2.75, 3.05) is 13.1 Å². The maximum atomic E-state index is 13.1. The van der Waals surface area contributed by atoms with Crippen LogP contribution in [0.25, 0.3) is 0 Å². The number of rotatable bonds is 3. The summed E-state index contributed by atoms with van der Waals surface area (Å²) in [6, 6.07) is 3.73. The molecular formula is C19H30N2O4S. The molecule has 0 bridgehead atoms. The minimum atomic E-state index is -3.53. The predicted molar refractivity (Wildman–Crippen MR) is 102 cm³/mol. The summed E-state index contributed by atoms with van der Waals surface area (Å²) in [5, 5.41) is 2.83. The summed E-state index contributed by atoms with van der Waals surface area (Å²) in [6.45, 7) is 11.8. The van der Waals surface area contributed by atoms with Crippen molar-refractivity contribution in [1.29, 1.82) is 0 Å². The molecular weight excluding hydrogens is 352 g/mol. The summed E-state index contributed by atoms with van der Waals surface area (Å²) in [7, 11) is -3.53. The number of carbonyl (C=O) groups excluding carboxylic acids is 1. The fourth-order valence-electron chi connectivity index (χ4n) is 3.42. The first-order valence-corrected chi connectivity index (χ1v) is 10.4. The predicted octanol–water partition coefficient (Wildman–Crippen LogP) is 3.29. The standard InChI is InChI=1S/C19H30N2O4S/c1-13-11-14(2)17(15(3)12-13)26(23,24)21-9-7-16(8-10-21)20-18(22)25-19(4,5)6/h11-12,16H,7-10H2,1-6H3,(H,20,22). The van der Waals surface area contributed by atoms with Gasteiger partial charge in [0.25, 0.3) is 0 Å². The average Bonchev–Trinajstić information content (AvgIpc) is 2.44. The van der Waals surface area contributed by atoms with Gasteiger partial charge in [-0.2, -0.15) is 4.31 Å². The molecule has 0 radical (unpaired) electrons. The lowest BCUT2D eigenvalue weighted by Gasteiger charge is -2.32. The zero-order valence-corrected chi connectivity index (χ0v) is 17.4. The van der Waals surface area contributed by atoms with Crippen molar-refractivity contribution < 1.29 is 17.9 Å². The molecule has 0 spiro atoms. The number of carbonyl (C=O) groups is 1. The van der Waals surface area contributed by atoms with Gasteiger partial charge in [0.2, 0.25) is 10.0 Å². The number of sulfonamides is 1. The van der Waals surface area contributed by atoms with Crippen molar-refractivity contribution in [2.24, 2.45) is 0 Å². The highest BCUT2D eigenvalue weighted by Gasteiger charge is 2.32. The van der Waals surface area contributed by atoms with E-state index in [4.69, 9.17) is 4.74 Å². The summed E-state index contributed by atoms with van der Waals surface area (Å²) in [6.07, 6.45) is 0.689. The van der Waals surface area contributed by atoms with Crippen molar-refractivity contribution in [1.82, 2.24) is 9.62 Å². The number of nitrogens with zero attached hydrogens (tertiary/aromatic N) is 1. The van der Waals surface area contributed by atoms with Crippen LogP contribution in [0.4, 0.5) is 4.79 Å². The van der Waals surface area contributed by atoms with Crippen molar-refractivity contribution in [3.63, 3.8) is 0 Å². The molecule has 1 heterocycles. The second-order valence-corrected chi connectivity index (χ2v) is 9.93. The van der Waals surface area contributed by atoms with E-state index in [1.165, 1.54) is 4.31 Å². The van der Waals surface area contributed by atoms with Gasteiger partial charge in [-0.25, -0.2) is 13.2 Å². The van der Waals surface area contributed by atoms with Crippen LogP contribution in [0.3, 0.4) is 0 Å². The third kappa shape index (κ3) is 4.98. The van der Waals surface area contributed by atoms with Gasteiger partial charge in [-0.05, 0) is 65.5 Å². The molecule has 0 atom stereocenters. The van der Waals surface area contributed by atoms with Crippen molar-refractivity contribution in [2.45, 2.75) is 70.9 Å². The number of hydrogen-bond acceptors (Lipinski definition) is 4. The molecule has 1 fully saturated rings. The molecule has 0 aromatic heterocycles. The van der Waals surface area contributed by atoms with Crippen LogP contribution >= 0.6 is 0 Å². The fraction of sp³-hybridized carbons (Fsp3) is 0.632. The molecule has 0 unspecified atom stereocenters. The van der Waals surface area contributed by atoms with Gasteiger partial charge in [-0.15, -0.1) is 0 Å². The van der Waals surface area contributed by atoms with Gasteiger partial charge in [-0.3, -0.25) is 0 Å². The quantitative estimate of drug-likeness (QED) is 0.870. The molecule has 1 aromatic rings. The normalized spacial score (nSPS) is 17.2. The molecule has 0 saturated carbocycles. The number of ether oxygens (including phenoxy) is 1. The van der Waals surface area contributed by atoms with Crippen LogP contribution in [0.15, 0.2) is 17.0 Å². The van der Waals surface area contributed by atoms with Gasteiger partial charge in [0.15, 0.2) is 0 Å². The monoisotopic (exact) mass is 382 g/mol. The molecule has 1 aliphatic rings. The summed E-state index contributed by atoms with van der Waals surface area (Å²) in [5.41, 5.74) is 2.06.